The number of carbonyl (C=O) groups excluding carboxylic acids is 1. The molecule has 0 radical (unpaired) electrons. The molecule has 0 unspecified atom stereocenters. The van der Waals surface area contributed by atoms with Gasteiger partial charge in [-0.2, -0.15) is 4.98 Å². The van der Waals surface area contributed by atoms with Gasteiger partial charge in [-0.25, -0.2) is 4.79 Å². The summed E-state index contributed by atoms with van der Waals surface area (Å²) in [6.07, 6.45) is 3.93. The topological polar surface area (TPSA) is 71.3 Å². The number of urea groups is 1. The lowest BCUT2D eigenvalue weighted by molar-refractivity contribution is 0.189. The van der Waals surface area contributed by atoms with Crippen LogP contribution >= 0.6 is 0 Å². The van der Waals surface area contributed by atoms with E-state index < -0.39 is 0 Å². The van der Waals surface area contributed by atoms with Crippen LogP contribution in [0.2, 0.25) is 0 Å². The Morgan fingerprint density at radius 3 is 2.88 bits per heavy atom. The predicted molar refractivity (Wildman–Crippen MR) is 95.0 cm³/mol. The molecule has 0 aliphatic carbocycles. The number of benzene rings is 1. The van der Waals surface area contributed by atoms with Crippen LogP contribution in [0.3, 0.4) is 0 Å². The molecule has 134 valence electrons. The summed E-state index contributed by atoms with van der Waals surface area (Å²) in [7, 11) is 0. The summed E-state index contributed by atoms with van der Waals surface area (Å²) in [5.74, 6) is 1.69. The minimum Gasteiger partial charge on any atom is -0.339 e. The van der Waals surface area contributed by atoms with Crippen LogP contribution in [0, 0.1) is 12.8 Å². The zero-order valence-electron chi connectivity index (χ0n) is 14.9. The molecule has 0 saturated carbocycles. The minimum absolute atomic E-state index is 0.0150. The molecule has 1 N–H and O–H groups in total. The number of amides is 2. The molecule has 1 aliphatic rings. The number of nitrogens with zero attached hydrogens (tertiary/aromatic N) is 3. The molecular formula is C19H26N4O2. The Labute approximate surface area is 148 Å². The molecule has 0 bridgehead atoms. The normalized spacial score (nSPS) is 19.3. The Kier molecular flexibility index (Phi) is 5.68. The molecule has 6 nitrogen and oxygen atoms in total. The van der Waals surface area contributed by atoms with Gasteiger partial charge in [0.15, 0.2) is 5.82 Å². The second-order valence-electron chi connectivity index (χ2n) is 6.90. The van der Waals surface area contributed by atoms with Crippen molar-refractivity contribution in [3.05, 3.63) is 47.6 Å². The molecule has 0 spiro atoms. The van der Waals surface area contributed by atoms with E-state index in [1.807, 2.05) is 35.2 Å². The van der Waals surface area contributed by atoms with Gasteiger partial charge in [-0.05, 0) is 31.2 Å². The Balaban J connectivity index is 1.73. The van der Waals surface area contributed by atoms with Gasteiger partial charge in [0, 0.05) is 13.1 Å². The van der Waals surface area contributed by atoms with E-state index >= 15 is 0 Å². The van der Waals surface area contributed by atoms with Crippen molar-refractivity contribution in [1.82, 2.24) is 20.4 Å². The highest BCUT2D eigenvalue weighted by Gasteiger charge is 2.24. The lowest BCUT2D eigenvalue weighted by Gasteiger charge is -2.26. The fourth-order valence-corrected chi connectivity index (χ4v) is 3.31. The molecule has 1 aliphatic heterocycles. The van der Waals surface area contributed by atoms with Gasteiger partial charge >= 0.3 is 6.03 Å². The number of aryl methyl sites for hydroxylation is 1. The molecule has 2 amide bonds. The smallest absolute Gasteiger partial charge is 0.317 e. The van der Waals surface area contributed by atoms with Gasteiger partial charge in [0.25, 0.3) is 0 Å². The first-order chi connectivity index (χ1) is 12.1. The number of hydrogen-bond acceptors (Lipinski definition) is 4. The first kappa shape index (κ1) is 17.5. The van der Waals surface area contributed by atoms with E-state index in [0.717, 1.165) is 25.1 Å². The Morgan fingerprint density at radius 1 is 1.36 bits per heavy atom. The van der Waals surface area contributed by atoms with Gasteiger partial charge in [0.1, 0.15) is 0 Å². The first-order valence-corrected chi connectivity index (χ1v) is 9.01. The average molecular weight is 342 g/mol. The van der Waals surface area contributed by atoms with Crippen molar-refractivity contribution in [2.24, 2.45) is 5.92 Å². The predicted octanol–water partition coefficient (Wildman–Crippen LogP) is 3.49. The van der Waals surface area contributed by atoms with Crippen molar-refractivity contribution in [1.29, 1.82) is 0 Å². The lowest BCUT2D eigenvalue weighted by atomic mass is 10.0. The highest BCUT2D eigenvalue weighted by Crippen LogP contribution is 2.20. The third-order valence-corrected chi connectivity index (χ3v) is 4.64. The molecule has 1 aromatic heterocycles. The Morgan fingerprint density at radius 2 is 2.16 bits per heavy atom. The van der Waals surface area contributed by atoms with Crippen LogP contribution in [0.15, 0.2) is 34.9 Å². The van der Waals surface area contributed by atoms with Crippen LogP contribution < -0.4 is 5.32 Å². The van der Waals surface area contributed by atoms with E-state index in [1.54, 1.807) is 6.92 Å². The second kappa shape index (κ2) is 8.14. The average Bonchev–Trinajstić information content (AvgIpc) is 2.89. The number of nitrogens with one attached hydrogen (secondary N) is 1. The van der Waals surface area contributed by atoms with Gasteiger partial charge in [-0.15, -0.1) is 0 Å². The van der Waals surface area contributed by atoms with Crippen LogP contribution in [0.4, 0.5) is 4.79 Å². The van der Waals surface area contributed by atoms with Gasteiger partial charge < -0.3 is 14.7 Å². The van der Waals surface area contributed by atoms with Gasteiger partial charge in [0.2, 0.25) is 5.89 Å². The second-order valence-corrected chi connectivity index (χ2v) is 6.90. The largest absolute Gasteiger partial charge is 0.339 e. The molecule has 2 aromatic rings. The van der Waals surface area contributed by atoms with Crippen molar-refractivity contribution < 1.29 is 9.32 Å². The van der Waals surface area contributed by atoms with E-state index in [1.165, 1.54) is 12.8 Å². The third-order valence-electron chi connectivity index (χ3n) is 4.64. The van der Waals surface area contributed by atoms with E-state index in [2.05, 4.69) is 22.4 Å². The van der Waals surface area contributed by atoms with Gasteiger partial charge in [-0.3, -0.25) is 0 Å². The summed E-state index contributed by atoms with van der Waals surface area (Å²) in [4.78, 5) is 19.0. The lowest BCUT2D eigenvalue weighted by Crippen LogP contribution is -2.43. The van der Waals surface area contributed by atoms with Gasteiger partial charge in [-0.1, -0.05) is 48.8 Å². The number of carbonyl (C=O) groups is 1. The Bertz CT molecular complexity index is 686. The van der Waals surface area contributed by atoms with Crippen molar-refractivity contribution in [3.63, 3.8) is 0 Å². The van der Waals surface area contributed by atoms with Crippen LogP contribution in [0.5, 0.6) is 0 Å². The zero-order chi connectivity index (χ0) is 17.6. The molecule has 3 rings (SSSR count). The fourth-order valence-electron chi connectivity index (χ4n) is 3.31. The first-order valence-electron chi connectivity index (χ1n) is 9.01. The van der Waals surface area contributed by atoms with Gasteiger partial charge in [0.05, 0.1) is 12.5 Å². The quantitative estimate of drug-likeness (QED) is 0.923. The highest BCUT2D eigenvalue weighted by atomic mass is 16.5. The van der Waals surface area contributed by atoms with Crippen molar-refractivity contribution in [2.45, 2.75) is 45.6 Å². The fraction of sp³-hybridized carbons (Fsp3) is 0.526. The third kappa shape index (κ3) is 4.81. The Hall–Kier alpha value is -2.37. The van der Waals surface area contributed by atoms with Crippen LogP contribution in [0.25, 0.3) is 0 Å². The maximum atomic E-state index is 12.8. The summed E-state index contributed by atoms with van der Waals surface area (Å²) >= 11 is 0. The monoisotopic (exact) mass is 342 g/mol. The van der Waals surface area contributed by atoms with Crippen LogP contribution in [-0.2, 0) is 6.42 Å². The maximum absolute atomic E-state index is 12.8. The maximum Gasteiger partial charge on any atom is 0.317 e. The van der Waals surface area contributed by atoms with Crippen molar-refractivity contribution >= 4 is 6.03 Å². The molecule has 6 heteroatoms. The molecule has 1 saturated heterocycles. The summed E-state index contributed by atoms with van der Waals surface area (Å²) in [5, 5.41) is 7.01. The number of hydrogen-bond donors (Lipinski definition) is 1. The summed E-state index contributed by atoms with van der Waals surface area (Å²) < 4.78 is 5.25. The molecule has 25 heavy (non-hydrogen) atoms. The van der Waals surface area contributed by atoms with Crippen molar-refractivity contribution in [3.8, 4) is 0 Å². The van der Waals surface area contributed by atoms with Crippen LogP contribution in [-0.4, -0.2) is 34.2 Å². The molecule has 1 aromatic carbocycles. The molecule has 2 heterocycles. The summed E-state index contributed by atoms with van der Waals surface area (Å²) in [5.41, 5.74) is 1.04. The van der Waals surface area contributed by atoms with Crippen LogP contribution in [0.1, 0.15) is 49.5 Å². The summed E-state index contributed by atoms with van der Waals surface area (Å²) in [6.45, 7) is 5.63. The molecule has 1 fully saturated rings. The van der Waals surface area contributed by atoms with E-state index in [4.69, 9.17) is 4.52 Å². The zero-order valence-corrected chi connectivity index (χ0v) is 14.9. The SMILES string of the molecule is Cc1noc(C[C@@H](NC(=O)N2CCCC[C@H](C)C2)c2ccccc2)n1. The molecule has 2 atom stereocenters. The van der Waals surface area contributed by atoms with E-state index in [-0.39, 0.29) is 12.1 Å². The van der Waals surface area contributed by atoms with E-state index in [0.29, 0.717) is 24.1 Å². The number of rotatable bonds is 4. The minimum atomic E-state index is -0.188. The number of likely N-dealkylation sites (tertiary alicyclic amines) is 1. The van der Waals surface area contributed by atoms with E-state index in [9.17, 15) is 4.79 Å². The number of aromatic nitrogens is 2. The highest BCUT2D eigenvalue weighted by molar-refractivity contribution is 5.74. The summed E-state index contributed by atoms with van der Waals surface area (Å²) in [6, 6.07) is 9.74. The van der Waals surface area contributed by atoms with Crippen molar-refractivity contribution in [2.75, 3.05) is 13.1 Å². The molecular weight excluding hydrogens is 316 g/mol. The standard InChI is InChI=1S/C19H26N4O2/c1-14-8-6-7-11-23(13-14)19(24)21-17(16-9-4-3-5-10-16)12-18-20-15(2)22-25-18/h3-5,9-10,14,17H,6-8,11-13H2,1-2H3,(H,21,24)/t14-,17+/m0/s1.